The summed E-state index contributed by atoms with van der Waals surface area (Å²) >= 11 is 0. The normalized spacial score (nSPS) is 23.4. The van der Waals surface area contributed by atoms with Crippen molar-refractivity contribution in [1.82, 2.24) is 4.90 Å². The van der Waals surface area contributed by atoms with E-state index in [1.165, 1.54) is 25.0 Å². The van der Waals surface area contributed by atoms with E-state index < -0.39 is 0 Å². The molecule has 1 amide bonds. The molecule has 1 unspecified atom stereocenters. The smallest absolute Gasteiger partial charge is 0.226 e. The summed E-state index contributed by atoms with van der Waals surface area (Å²) in [5.74, 6) is 0.691. The molecule has 1 saturated heterocycles. The fraction of sp³-hybridized carbons (Fsp3) is 0.750. The molecule has 0 bridgehead atoms. The molecule has 0 N–H and O–H groups in total. The number of piperidine rings is 1. The van der Waals surface area contributed by atoms with E-state index >= 15 is 0 Å². The lowest BCUT2D eigenvalue weighted by Crippen LogP contribution is -2.39. The minimum absolute atomic E-state index is 0.107. The maximum absolute atomic E-state index is 12.0. The number of fused-ring (bicyclic) bond motifs is 1. The lowest BCUT2D eigenvalue weighted by atomic mass is 9.85. The van der Waals surface area contributed by atoms with Crippen molar-refractivity contribution in [2.24, 2.45) is 11.0 Å². The fourth-order valence-electron chi connectivity index (χ4n) is 2.77. The number of rotatable bonds is 3. The third-order valence-electron chi connectivity index (χ3n) is 3.56. The number of azide groups is 1. The minimum atomic E-state index is 0.107. The topological polar surface area (TPSA) is 69.1 Å². The summed E-state index contributed by atoms with van der Waals surface area (Å²) in [6.45, 7) is 1.10. The van der Waals surface area contributed by atoms with E-state index in [9.17, 15) is 4.79 Å². The number of likely N-dealkylation sites (tertiary alicyclic amines) is 1. The Morgan fingerprint density at radius 1 is 1.53 bits per heavy atom. The molecule has 0 radical (unpaired) electrons. The molecule has 0 aromatic heterocycles. The van der Waals surface area contributed by atoms with E-state index in [0.717, 1.165) is 19.4 Å². The lowest BCUT2D eigenvalue weighted by Gasteiger charge is -2.38. The van der Waals surface area contributed by atoms with E-state index in [0.29, 0.717) is 12.3 Å². The first-order valence-electron chi connectivity index (χ1n) is 6.34. The van der Waals surface area contributed by atoms with Crippen LogP contribution in [0, 0.1) is 5.92 Å². The number of amides is 1. The highest BCUT2D eigenvalue weighted by molar-refractivity contribution is 5.78. The predicted octanol–water partition coefficient (Wildman–Crippen LogP) is 2.99. The second-order valence-electron chi connectivity index (χ2n) is 4.65. The average Bonchev–Trinajstić information content (AvgIpc) is 2.38. The summed E-state index contributed by atoms with van der Waals surface area (Å²) in [6.07, 6.45) is 8.40. The van der Waals surface area contributed by atoms with Crippen LogP contribution in [0.3, 0.4) is 0 Å². The zero-order chi connectivity index (χ0) is 12.1. The molecule has 17 heavy (non-hydrogen) atoms. The fourth-order valence-corrected chi connectivity index (χ4v) is 2.77. The molecular weight excluding hydrogens is 216 g/mol. The second-order valence-corrected chi connectivity index (χ2v) is 4.65. The first-order valence-corrected chi connectivity index (χ1v) is 6.34. The number of allylic oxidation sites excluding steroid dienone is 2. The molecule has 0 aromatic carbocycles. The van der Waals surface area contributed by atoms with Crippen molar-refractivity contribution in [3.63, 3.8) is 0 Å². The largest absolute Gasteiger partial charge is 0.316 e. The molecule has 0 saturated carbocycles. The third-order valence-corrected chi connectivity index (χ3v) is 3.56. The zero-order valence-corrected chi connectivity index (χ0v) is 10.0. The van der Waals surface area contributed by atoms with E-state index in [4.69, 9.17) is 5.53 Å². The molecule has 5 heteroatoms. The van der Waals surface area contributed by atoms with Crippen LogP contribution in [0.25, 0.3) is 10.4 Å². The highest BCUT2D eigenvalue weighted by atomic mass is 16.2. The molecule has 0 spiro atoms. The summed E-state index contributed by atoms with van der Waals surface area (Å²) < 4.78 is 0. The van der Waals surface area contributed by atoms with Crippen LogP contribution in [-0.2, 0) is 4.79 Å². The van der Waals surface area contributed by atoms with Crippen LogP contribution in [0.1, 0.15) is 38.5 Å². The Morgan fingerprint density at radius 3 is 3.18 bits per heavy atom. The van der Waals surface area contributed by atoms with Gasteiger partial charge in [0.15, 0.2) is 0 Å². The van der Waals surface area contributed by atoms with Crippen molar-refractivity contribution in [2.45, 2.75) is 38.5 Å². The van der Waals surface area contributed by atoms with Crippen LogP contribution in [0.2, 0.25) is 0 Å². The summed E-state index contributed by atoms with van der Waals surface area (Å²) in [5, 5.41) is 3.42. The Balaban J connectivity index is 2.00. The van der Waals surface area contributed by atoms with E-state index in [-0.39, 0.29) is 12.5 Å². The molecule has 2 rings (SSSR count). The van der Waals surface area contributed by atoms with Gasteiger partial charge in [0.1, 0.15) is 0 Å². The van der Waals surface area contributed by atoms with Crippen molar-refractivity contribution in [2.75, 3.05) is 13.1 Å². The number of carbonyl (C=O) groups excluding carboxylic acids is 1. The van der Waals surface area contributed by atoms with E-state index in [1.807, 2.05) is 4.90 Å². The Bertz CT molecular complexity index is 371. The molecule has 1 aliphatic heterocycles. The maximum Gasteiger partial charge on any atom is 0.226 e. The number of hydrogen-bond donors (Lipinski definition) is 0. The first kappa shape index (κ1) is 12.0. The lowest BCUT2D eigenvalue weighted by molar-refractivity contribution is -0.130. The molecule has 1 aliphatic carbocycles. The van der Waals surface area contributed by atoms with Gasteiger partial charge < -0.3 is 4.90 Å². The van der Waals surface area contributed by atoms with Gasteiger partial charge in [0.05, 0.1) is 0 Å². The first-order chi connectivity index (χ1) is 8.33. The molecule has 0 aromatic rings. The Morgan fingerprint density at radius 2 is 2.35 bits per heavy atom. The van der Waals surface area contributed by atoms with Crippen LogP contribution < -0.4 is 0 Å². The number of hydrogen-bond acceptors (Lipinski definition) is 2. The van der Waals surface area contributed by atoms with Gasteiger partial charge in [0, 0.05) is 30.1 Å². The molecule has 1 atom stereocenters. The Kier molecular flexibility index (Phi) is 4.04. The summed E-state index contributed by atoms with van der Waals surface area (Å²) in [6, 6.07) is 0. The van der Waals surface area contributed by atoms with Crippen molar-refractivity contribution in [3.05, 3.63) is 22.2 Å². The van der Waals surface area contributed by atoms with Gasteiger partial charge in [-0.15, -0.1) is 0 Å². The van der Waals surface area contributed by atoms with E-state index in [2.05, 4.69) is 16.1 Å². The molecule has 5 nitrogen and oxygen atoms in total. The third kappa shape index (κ3) is 2.80. The number of carbonyl (C=O) groups is 1. The maximum atomic E-state index is 12.0. The van der Waals surface area contributed by atoms with Gasteiger partial charge in [-0.3, -0.25) is 4.79 Å². The zero-order valence-electron chi connectivity index (χ0n) is 10.0. The SMILES string of the molecule is [N-]=[N+]=NCCC(=O)N1CCCC2CCCC=C21. The van der Waals surface area contributed by atoms with E-state index in [1.54, 1.807) is 0 Å². The van der Waals surface area contributed by atoms with Crippen LogP contribution in [-0.4, -0.2) is 23.9 Å². The van der Waals surface area contributed by atoms with Crippen molar-refractivity contribution in [1.29, 1.82) is 0 Å². The molecule has 1 fully saturated rings. The standard InChI is InChI=1S/C12H18N4O/c13-15-14-8-7-12(17)16-9-3-5-10-4-1-2-6-11(10)16/h6,10H,1-5,7-9H2. The molecule has 92 valence electrons. The van der Waals surface area contributed by atoms with Gasteiger partial charge in [0.2, 0.25) is 5.91 Å². The average molecular weight is 234 g/mol. The van der Waals surface area contributed by atoms with Gasteiger partial charge in [0.25, 0.3) is 0 Å². The van der Waals surface area contributed by atoms with Crippen LogP contribution in [0.4, 0.5) is 0 Å². The predicted molar refractivity (Wildman–Crippen MR) is 65.0 cm³/mol. The van der Waals surface area contributed by atoms with Crippen molar-refractivity contribution < 1.29 is 4.79 Å². The highest BCUT2D eigenvalue weighted by Gasteiger charge is 2.29. The van der Waals surface area contributed by atoms with Crippen LogP contribution in [0.15, 0.2) is 16.9 Å². The second kappa shape index (κ2) is 5.73. The summed E-state index contributed by atoms with van der Waals surface area (Å²) in [4.78, 5) is 16.6. The molecule has 2 aliphatic rings. The number of nitrogens with zero attached hydrogens (tertiary/aromatic N) is 4. The van der Waals surface area contributed by atoms with Gasteiger partial charge in [-0.25, -0.2) is 0 Å². The Hall–Kier alpha value is -1.48. The summed E-state index contributed by atoms with van der Waals surface area (Å²) in [5.41, 5.74) is 9.43. The van der Waals surface area contributed by atoms with Crippen LogP contribution >= 0.6 is 0 Å². The van der Waals surface area contributed by atoms with Crippen molar-refractivity contribution >= 4 is 5.91 Å². The van der Waals surface area contributed by atoms with Crippen molar-refractivity contribution in [3.8, 4) is 0 Å². The monoisotopic (exact) mass is 234 g/mol. The molecular formula is C12H18N4O. The van der Waals surface area contributed by atoms with Gasteiger partial charge >= 0.3 is 0 Å². The summed E-state index contributed by atoms with van der Waals surface area (Å²) in [7, 11) is 0. The Labute approximate surface area is 101 Å². The van der Waals surface area contributed by atoms with Gasteiger partial charge in [-0.2, -0.15) is 0 Å². The van der Waals surface area contributed by atoms with Gasteiger partial charge in [-0.1, -0.05) is 11.2 Å². The van der Waals surface area contributed by atoms with Gasteiger partial charge in [-0.05, 0) is 43.6 Å². The van der Waals surface area contributed by atoms with Crippen LogP contribution in [0.5, 0.6) is 0 Å². The minimum Gasteiger partial charge on any atom is -0.316 e. The molecule has 1 heterocycles. The highest BCUT2D eigenvalue weighted by Crippen LogP contribution is 2.35. The quantitative estimate of drug-likeness (QED) is 0.420.